The van der Waals surface area contributed by atoms with Gasteiger partial charge in [0.25, 0.3) is 0 Å². The Morgan fingerprint density at radius 1 is 0.360 bits per heavy atom. The minimum absolute atomic E-state index is 0.0292. The number of hydrogen-bond acceptors (Lipinski definition) is 2. The van der Waals surface area contributed by atoms with E-state index in [1.165, 1.54) is 72.5 Å². The Hall–Kier alpha value is -6.38. The van der Waals surface area contributed by atoms with Crippen LogP contribution in [0.5, 0.6) is 0 Å². The van der Waals surface area contributed by atoms with Gasteiger partial charge in [-0.05, 0) is 91.5 Å². The summed E-state index contributed by atoms with van der Waals surface area (Å²) < 4.78 is 0. The van der Waals surface area contributed by atoms with Crippen molar-refractivity contribution in [1.82, 2.24) is 0 Å². The van der Waals surface area contributed by atoms with Crippen LogP contribution >= 0.6 is 0 Å². The summed E-state index contributed by atoms with van der Waals surface area (Å²) >= 11 is 0. The zero-order valence-electron chi connectivity index (χ0n) is 27.6. The van der Waals surface area contributed by atoms with Crippen LogP contribution in [0.3, 0.4) is 0 Å². The number of fused-ring (bicyclic) bond motifs is 2. The zero-order valence-corrected chi connectivity index (χ0v) is 27.6. The van der Waals surface area contributed by atoms with E-state index in [1.54, 1.807) is 0 Å². The second kappa shape index (κ2) is 12.9. The fraction of sp³-hybridized carbons (Fsp3) is 0.0417. The van der Waals surface area contributed by atoms with E-state index in [0.717, 1.165) is 5.69 Å². The van der Waals surface area contributed by atoms with Crippen LogP contribution in [0.2, 0.25) is 0 Å². The maximum Gasteiger partial charge on any atom is 0.0707 e. The van der Waals surface area contributed by atoms with Gasteiger partial charge in [-0.25, -0.2) is 0 Å². The minimum atomic E-state index is 0.0292. The molecule has 2 aliphatic rings. The second-order valence-electron chi connectivity index (χ2n) is 13.1. The summed E-state index contributed by atoms with van der Waals surface area (Å²) in [6, 6.07) is 63.5. The van der Waals surface area contributed by atoms with Gasteiger partial charge >= 0.3 is 0 Å². The fourth-order valence-corrected chi connectivity index (χ4v) is 7.25. The molecule has 0 aliphatic carbocycles. The first-order valence-electron chi connectivity index (χ1n) is 17.3. The summed E-state index contributed by atoms with van der Waals surface area (Å²) in [4.78, 5) is 0. The quantitative estimate of drug-likeness (QED) is 0.189. The molecule has 9 rings (SSSR count). The van der Waals surface area contributed by atoms with E-state index in [4.69, 9.17) is 0 Å². The molecule has 2 heteroatoms. The molecule has 0 saturated carbocycles. The van der Waals surface area contributed by atoms with Gasteiger partial charge in [0.05, 0.1) is 12.1 Å². The van der Waals surface area contributed by atoms with E-state index in [9.17, 15) is 0 Å². The summed E-state index contributed by atoms with van der Waals surface area (Å²) in [6.07, 6.45) is 6.90. The third-order valence-electron chi connectivity index (χ3n) is 9.95. The lowest BCUT2D eigenvalue weighted by molar-refractivity contribution is 0.968. The van der Waals surface area contributed by atoms with E-state index in [2.05, 4.69) is 205 Å². The van der Waals surface area contributed by atoms with Crippen molar-refractivity contribution in [3.8, 4) is 33.4 Å². The van der Waals surface area contributed by atoms with Crippen LogP contribution in [0, 0.1) is 0 Å². The monoisotopic (exact) mass is 640 g/mol. The molecular weight excluding hydrogens is 605 g/mol. The van der Waals surface area contributed by atoms with Crippen molar-refractivity contribution in [2.45, 2.75) is 12.1 Å². The summed E-state index contributed by atoms with van der Waals surface area (Å²) in [5.41, 5.74) is 17.0. The molecule has 7 aromatic carbocycles. The lowest BCUT2D eigenvalue weighted by Crippen LogP contribution is -2.16. The number of anilines is 2. The SMILES string of the molecule is C1=CC(c2cccc(C3=CC(c4ccc(-c5ccccc5)cc4)Nc4ccc(-c5ccc(-c6ccccc6)cc5)cc43)c2)Nc2ccccc21. The largest absolute Gasteiger partial charge is 0.374 e. The molecule has 0 radical (unpaired) electrons. The van der Waals surface area contributed by atoms with E-state index >= 15 is 0 Å². The highest BCUT2D eigenvalue weighted by Gasteiger charge is 2.23. The van der Waals surface area contributed by atoms with Crippen LogP contribution in [-0.2, 0) is 0 Å². The van der Waals surface area contributed by atoms with Crippen molar-refractivity contribution in [2.24, 2.45) is 0 Å². The van der Waals surface area contributed by atoms with Gasteiger partial charge < -0.3 is 10.6 Å². The summed E-state index contributed by atoms with van der Waals surface area (Å²) in [5, 5.41) is 7.61. The molecule has 0 aromatic heterocycles. The average molecular weight is 641 g/mol. The Balaban J connectivity index is 1.10. The smallest absolute Gasteiger partial charge is 0.0707 e. The third kappa shape index (κ3) is 5.82. The maximum absolute atomic E-state index is 3.87. The summed E-state index contributed by atoms with van der Waals surface area (Å²) in [7, 11) is 0. The van der Waals surface area contributed by atoms with Gasteiger partial charge in [-0.2, -0.15) is 0 Å². The standard InChI is InChI=1S/C48H36N2/c1-3-10-33(11-4-1)35-18-20-37(21-19-35)40-27-29-47-44(31-40)43(32-48(50-47)39-24-22-36(23-25-39)34-12-5-2-6-13-34)41-15-9-16-42(30-41)46-28-26-38-14-7-8-17-45(38)49-46/h1-32,46,48-50H. The minimum Gasteiger partial charge on any atom is -0.374 e. The fourth-order valence-electron chi connectivity index (χ4n) is 7.25. The number of benzene rings is 7. The van der Waals surface area contributed by atoms with Crippen LogP contribution in [-0.4, -0.2) is 0 Å². The maximum atomic E-state index is 3.87. The normalized spacial score (nSPS) is 16.0. The molecule has 50 heavy (non-hydrogen) atoms. The van der Waals surface area contributed by atoms with Crippen molar-refractivity contribution in [3.05, 3.63) is 216 Å². The number of hydrogen-bond donors (Lipinski definition) is 2. The number of nitrogens with one attached hydrogen (secondary N) is 2. The molecule has 0 spiro atoms. The van der Waals surface area contributed by atoms with E-state index in [-0.39, 0.29) is 12.1 Å². The predicted molar refractivity (Wildman–Crippen MR) is 211 cm³/mol. The summed E-state index contributed by atoms with van der Waals surface area (Å²) in [6.45, 7) is 0. The molecule has 2 aliphatic heterocycles. The lowest BCUT2D eigenvalue weighted by atomic mass is 9.86. The van der Waals surface area contributed by atoms with Gasteiger partial charge in [0, 0.05) is 16.9 Å². The Bertz CT molecular complexity index is 2350. The van der Waals surface area contributed by atoms with Gasteiger partial charge in [0.1, 0.15) is 0 Å². The molecule has 0 bridgehead atoms. The van der Waals surface area contributed by atoms with Crippen molar-refractivity contribution in [1.29, 1.82) is 0 Å². The molecule has 2 atom stereocenters. The molecule has 0 saturated heterocycles. The van der Waals surface area contributed by atoms with Crippen LogP contribution in [0.25, 0.3) is 45.0 Å². The third-order valence-corrected chi connectivity index (χ3v) is 9.95. The first-order valence-corrected chi connectivity index (χ1v) is 17.3. The number of para-hydroxylation sites is 1. The summed E-state index contributed by atoms with van der Waals surface area (Å²) in [5.74, 6) is 0. The molecule has 2 N–H and O–H groups in total. The van der Waals surface area contributed by atoms with Gasteiger partial charge in [-0.15, -0.1) is 0 Å². The van der Waals surface area contributed by atoms with Crippen molar-refractivity contribution in [2.75, 3.05) is 10.6 Å². The average Bonchev–Trinajstić information content (AvgIpc) is 3.21. The Labute approximate surface area is 294 Å². The molecule has 2 unspecified atom stereocenters. The first-order chi connectivity index (χ1) is 24.7. The molecule has 2 heterocycles. The number of rotatable bonds is 6. The topological polar surface area (TPSA) is 24.1 Å². The van der Waals surface area contributed by atoms with Gasteiger partial charge in [-0.3, -0.25) is 0 Å². The van der Waals surface area contributed by atoms with Gasteiger partial charge in [-0.1, -0.05) is 164 Å². The first kappa shape index (κ1) is 29.7. The van der Waals surface area contributed by atoms with Crippen LogP contribution in [0.15, 0.2) is 188 Å². The molecule has 238 valence electrons. The van der Waals surface area contributed by atoms with Gasteiger partial charge in [0.15, 0.2) is 0 Å². The molecule has 0 fully saturated rings. The highest BCUT2D eigenvalue weighted by molar-refractivity contribution is 5.92. The second-order valence-corrected chi connectivity index (χ2v) is 13.1. The lowest BCUT2D eigenvalue weighted by Gasteiger charge is -2.29. The molecular formula is C48H36N2. The molecule has 2 nitrogen and oxygen atoms in total. The zero-order chi connectivity index (χ0) is 33.3. The van der Waals surface area contributed by atoms with Crippen molar-refractivity contribution >= 4 is 23.0 Å². The van der Waals surface area contributed by atoms with E-state index < -0.39 is 0 Å². The highest BCUT2D eigenvalue weighted by Crippen LogP contribution is 2.42. The van der Waals surface area contributed by atoms with Crippen LogP contribution < -0.4 is 10.6 Å². The predicted octanol–water partition coefficient (Wildman–Crippen LogP) is 12.5. The Morgan fingerprint density at radius 2 is 0.920 bits per heavy atom. The Kier molecular flexibility index (Phi) is 7.68. The Morgan fingerprint density at radius 3 is 1.64 bits per heavy atom. The van der Waals surface area contributed by atoms with Crippen molar-refractivity contribution < 1.29 is 0 Å². The molecule has 0 amide bonds. The van der Waals surface area contributed by atoms with Gasteiger partial charge in [0.2, 0.25) is 0 Å². The van der Waals surface area contributed by atoms with Crippen LogP contribution in [0.1, 0.15) is 39.9 Å². The molecule has 7 aromatic rings. The van der Waals surface area contributed by atoms with E-state index in [0.29, 0.717) is 0 Å². The van der Waals surface area contributed by atoms with Crippen molar-refractivity contribution in [3.63, 3.8) is 0 Å². The highest BCUT2D eigenvalue weighted by atomic mass is 14.9. The van der Waals surface area contributed by atoms with E-state index in [1.807, 2.05) is 0 Å². The van der Waals surface area contributed by atoms with Crippen LogP contribution in [0.4, 0.5) is 11.4 Å².